The average molecular weight is 280 g/mol. The number of hydrogen-bond acceptors (Lipinski definition) is 2. The largest absolute Gasteiger partial charge is 0.243 e. The molecule has 0 saturated carbocycles. The van der Waals surface area contributed by atoms with E-state index in [-0.39, 0.29) is 0 Å². The molecule has 0 bridgehead atoms. The van der Waals surface area contributed by atoms with E-state index in [0.717, 1.165) is 11.1 Å². The Bertz CT molecular complexity index is 800. The van der Waals surface area contributed by atoms with Gasteiger partial charge >= 0.3 is 0 Å². The molecule has 0 spiro atoms. The summed E-state index contributed by atoms with van der Waals surface area (Å²) in [6.45, 7) is 0. The fraction of sp³-hybridized carbons (Fsp3) is 0. The molecule has 0 atom stereocenters. The maximum absolute atomic E-state index is 4.27. The van der Waals surface area contributed by atoms with E-state index in [2.05, 4.69) is 33.6 Å². The minimum Gasteiger partial charge on any atom is -0.243 e. The highest BCUT2D eigenvalue weighted by Gasteiger charge is 1.98. The lowest BCUT2D eigenvalue weighted by Gasteiger charge is -1.93. The third-order valence-electron chi connectivity index (χ3n) is 2.90. The van der Waals surface area contributed by atoms with Crippen LogP contribution < -0.4 is 0 Å². The molecule has 3 rings (SSSR count). The van der Waals surface area contributed by atoms with E-state index in [1.165, 1.54) is 0 Å². The monoisotopic (exact) mass is 280 g/mol. The zero-order chi connectivity index (χ0) is 15.0. The summed E-state index contributed by atoms with van der Waals surface area (Å²) in [4.78, 5) is 8.53. The number of hydrogen-bond donors (Lipinski definition) is 0. The van der Waals surface area contributed by atoms with Crippen LogP contribution in [0.2, 0.25) is 0 Å². The van der Waals surface area contributed by atoms with Crippen molar-refractivity contribution in [2.75, 3.05) is 0 Å². The maximum Gasteiger partial charge on any atom is 0.147 e. The van der Waals surface area contributed by atoms with Crippen LogP contribution in [0.25, 0.3) is 0 Å². The molecule has 2 heteroatoms. The van der Waals surface area contributed by atoms with Crippen molar-refractivity contribution in [2.24, 2.45) is 0 Å². The van der Waals surface area contributed by atoms with Gasteiger partial charge in [0.25, 0.3) is 0 Å². The summed E-state index contributed by atoms with van der Waals surface area (Å²) >= 11 is 0. The second-order valence-corrected chi connectivity index (χ2v) is 4.49. The summed E-state index contributed by atoms with van der Waals surface area (Å²) in [5.41, 5.74) is 3.06. The first-order chi connectivity index (χ1) is 10.9. The highest BCUT2D eigenvalue weighted by Crippen LogP contribution is 2.01. The minimum atomic E-state index is 0.592. The molecule has 0 aliphatic carbocycles. The number of aromatic nitrogens is 2. The number of rotatable bonds is 0. The SMILES string of the molecule is C(#Cc1nccnc1C#Cc1ccccc1)c1ccccc1. The first-order valence-electron chi connectivity index (χ1n) is 6.87. The van der Waals surface area contributed by atoms with Crippen LogP contribution in [0.3, 0.4) is 0 Å². The smallest absolute Gasteiger partial charge is 0.147 e. The standard InChI is InChI=1S/C20H12N2/c1-3-7-17(8-4-1)11-13-19-20(22-16-15-21-19)14-12-18-9-5-2-6-10-18/h1-10,15-16H. The Hall–Kier alpha value is -3.36. The van der Waals surface area contributed by atoms with Crippen molar-refractivity contribution >= 4 is 0 Å². The summed E-state index contributed by atoms with van der Waals surface area (Å²) in [6.07, 6.45) is 3.26. The lowest BCUT2D eigenvalue weighted by molar-refractivity contribution is 1.15. The molecule has 2 aromatic carbocycles. The van der Waals surface area contributed by atoms with Crippen molar-refractivity contribution in [3.63, 3.8) is 0 Å². The van der Waals surface area contributed by atoms with Crippen molar-refractivity contribution in [1.29, 1.82) is 0 Å². The van der Waals surface area contributed by atoms with Crippen LogP contribution in [-0.4, -0.2) is 9.97 Å². The Kier molecular flexibility index (Phi) is 4.26. The normalized spacial score (nSPS) is 9.09. The second kappa shape index (κ2) is 6.88. The molecule has 22 heavy (non-hydrogen) atoms. The van der Waals surface area contributed by atoms with Crippen molar-refractivity contribution in [1.82, 2.24) is 9.97 Å². The van der Waals surface area contributed by atoms with Crippen LogP contribution in [0.5, 0.6) is 0 Å². The molecule has 0 saturated heterocycles. The molecule has 1 heterocycles. The van der Waals surface area contributed by atoms with Gasteiger partial charge in [-0.05, 0) is 36.1 Å². The van der Waals surface area contributed by atoms with E-state index in [0.29, 0.717) is 11.4 Å². The van der Waals surface area contributed by atoms with Crippen LogP contribution >= 0.6 is 0 Å². The fourth-order valence-corrected chi connectivity index (χ4v) is 1.83. The van der Waals surface area contributed by atoms with Gasteiger partial charge in [-0.1, -0.05) is 48.2 Å². The van der Waals surface area contributed by atoms with Gasteiger partial charge in [0.05, 0.1) is 0 Å². The van der Waals surface area contributed by atoms with Crippen molar-refractivity contribution in [3.05, 3.63) is 95.6 Å². The topological polar surface area (TPSA) is 25.8 Å². The molecule has 0 N–H and O–H groups in total. The molecule has 0 aliphatic heterocycles. The molecular formula is C20H12N2. The minimum absolute atomic E-state index is 0.592. The summed E-state index contributed by atoms with van der Waals surface area (Å²) in [6, 6.07) is 19.6. The second-order valence-electron chi connectivity index (χ2n) is 4.49. The molecule has 0 radical (unpaired) electrons. The van der Waals surface area contributed by atoms with Gasteiger partial charge in [0.15, 0.2) is 0 Å². The van der Waals surface area contributed by atoms with Crippen LogP contribution in [0, 0.1) is 23.7 Å². The third kappa shape index (κ3) is 3.60. The molecule has 3 aromatic rings. The predicted octanol–water partition coefficient (Wildman–Crippen LogP) is 3.28. The van der Waals surface area contributed by atoms with Crippen molar-refractivity contribution in [2.45, 2.75) is 0 Å². The Labute approximate surface area is 129 Å². The van der Waals surface area contributed by atoms with Gasteiger partial charge in [-0.15, -0.1) is 0 Å². The Balaban J connectivity index is 1.92. The fourth-order valence-electron chi connectivity index (χ4n) is 1.83. The van der Waals surface area contributed by atoms with E-state index in [9.17, 15) is 0 Å². The van der Waals surface area contributed by atoms with Gasteiger partial charge in [-0.2, -0.15) is 0 Å². The van der Waals surface area contributed by atoms with E-state index in [1.807, 2.05) is 60.7 Å². The number of benzene rings is 2. The van der Waals surface area contributed by atoms with Crippen molar-refractivity contribution < 1.29 is 0 Å². The van der Waals surface area contributed by atoms with Crippen LogP contribution in [0.1, 0.15) is 22.5 Å². The molecule has 0 fully saturated rings. The third-order valence-corrected chi connectivity index (χ3v) is 2.90. The van der Waals surface area contributed by atoms with E-state index in [4.69, 9.17) is 0 Å². The Morgan fingerprint density at radius 1 is 0.500 bits per heavy atom. The molecule has 102 valence electrons. The summed E-state index contributed by atoms with van der Waals surface area (Å²) in [5.74, 6) is 12.2. The average Bonchev–Trinajstić information content (AvgIpc) is 2.61. The van der Waals surface area contributed by atoms with Gasteiger partial charge in [-0.25, -0.2) is 9.97 Å². The lowest BCUT2D eigenvalue weighted by atomic mass is 10.2. The first kappa shape index (κ1) is 13.6. The van der Waals surface area contributed by atoms with Crippen LogP contribution in [0.15, 0.2) is 73.1 Å². The molecule has 0 amide bonds. The van der Waals surface area contributed by atoms with Crippen molar-refractivity contribution in [3.8, 4) is 23.7 Å². The molecule has 0 aliphatic rings. The highest BCUT2D eigenvalue weighted by molar-refractivity contribution is 5.48. The summed E-state index contributed by atoms with van der Waals surface area (Å²) in [5, 5.41) is 0. The van der Waals surface area contributed by atoms with Gasteiger partial charge in [0.1, 0.15) is 11.4 Å². The molecule has 1 aromatic heterocycles. The van der Waals surface area contributed by atoms with Crippen LogP contribution in [-0.2, 0) is 0 Å². The summed E-state index contributed by atoms with van der Waals surface area (Å²) in [7, 11) is 0. The molecular weight excluding hydrogens is 268 g/mol. The van der Waals surface area contributed by atoms with E-state index in [1.54, 1.807) is 12.4 Å². The van der Waals surface area contributed by atoms with E-state index >= 15 is 0 Å². The van der Waals surface area contributed by atoms with Gasteiger partial charge in [-0.3, -0.25) is 0 Å². The zero-order valence-electron chi connectivity index (χ0n) is 11.8. The highest BCUT2D eigenvalue weighted by atomic mass is 14.8. The predicted molar refractivity (Wildman–Crippen MR) is 86.9 cm³/mol. The lowest BCUT2D eigenvalue weighted by Crippen LogP contribution is -1.92. The Morgan fingerprint density at radius 2 is 0.909 bits per heavy atom. The molecule has 0 unspecified atom stereocenters. The van der Waals surface area contributed by atoms with Crippen LogP contribution in [0.4, 0.5) is 0 Å². The van der Waals surface area contributed by atoms with E-state index < -0.39 is 0 Å². The first-order valence-corrected chi connectivity index (χ1v) is 6.87. The number of nitrogens with zero attached hydrogens (tertiary/aromatic N) is 2. The van der Waals surface area contributed by atoms with Gasteiger partial charge in [0, 0.05) is 23.5 Å². The maximum atomic E-state index is 4.27. The van der Waals surface area contributed by atoms with Gasteiger partial charge in [0.2, 0.25) is 0 Å². The Morgan fingerprint density at radius 3 is 1.32 bits per heavy atom. The van der Waals surface area contributed by atoms with Gasteiger partial charge < -0.3 is 0 Å². The summed E-state index contributed by atoms with van der Waals surface area (Å²) < 4.78 is 0. The molecule has 2 nitrogen and oxygen atoms in total. The zero-order valence-corrected chi connectivity index (χ0v) is 11.8. The quantitative estimate of drug-likeness (QED) is 0.591.